The van der Waals surface area contributed by atoms with E-state index in [9.17, 15) is 9.90 Å². The van der Waals surface area contributed by atoms with Gasteiger partial charge in [0, 0.05) is 11.1 Å². The van der Waals surface area contributed by atoms with Gasteiger partial charge in [0.25, 0.3) is 0 Å². The third-order valence-electron chi connectivity index (χ3n) is 3.36. The second-order valence-electron chi connectivity index (χ2n) is 4.82. The van der Waals surface area contributed by atoms with Crippen molar-refractivity contribution in [2.75, 3.05) is 0 Å². The van der Waals surface area contributed by atoms with Crippen molar-refractivity contribution in [3.63, 3.8) is 0 Å². The zero-order valence-electron chi connectivity index (χ0n) is 11.4. The van der Waals surface area contributed by atoms with Crippen molar-refractivity contribution in [1.82, 2.24) is 0 Å². The minimum Gasteiger partial charge on any atom is -0.508 e. The predicted octanol–water partition coefficient (Wildman–Crippen LogP) is 4.29. The average molecular weight is 274 g/mol. The minimum atomic E-state index is -0.0921. The molecule has 0 aliphatic heterocycles. The number of rotatable bonds is 3. The Kier molecular flexibility index (Phi) is 3.52. The Morgan fingerprint density at radius 2 is 1.33 bits per heavy atom. The van der Waals surface area contributed by atoms with Gasteiger partial charge in [0.2, 0.25) is 0 Å². The summed E-state index contributed by atoms with van der Waals surface area (Å²) in [6.45, 7) is 0. The summed E-state index contributed by atoms with van der Waals surface area (Å²) in [5.41, 5.74) is 3.29. The maximum absolute atomic E-state index is 12.3. The lowest BCUT2D eigenvalue weighted by Crippen LogP contribution is -2.00. The lowest BCUT2D eigenvalue weighted by Gasteiger charge is -2.05. The molecule has 0 unspecified atom stereocenters. The van der Waals surface area contributed by atoms with E-state index in [4.69, 9.17) is 0 Å². The Morgan fingerprint density at radius 1 is 0.667 bits per heavy atom. The van der Waals surface area contributed by atoms with Gasteiger partial charge in [-0.05, 0) is 23.3 Å². The fourth-order valence-corrected chi connectivity index (χ4v) is 2.26. The monoisotopic (exact) mass is 274 g/mol. The van der Waals surface area contributed by atoms with E-state index < -0.39 is 0 Å². The van der Waals surface area contributed by atoms with Gasteiger partial charge in [-0.25, -0.2) is 0 Å². The van der Waals surface area contributed by atoms with Crippen LogP contribution in [0.1, 0.15) is 15.9 Å². The third-order valence-corrected chi connectivity index (χ3v) is 3.36. The zero-order chi connectivity index (χ0) is 14.7. The van der Waals surface area contributed by atoms with Crippen LogP contribution < -0.4 is 0 Å². The molecule has 0 aliphatic carbocycles. The van der Waals surface area contributed by atoms with Crippen LogP contribution in [-0.4, -0.2) is 10.9 Å². The molecule has 3 aromatic carbocycles. The van der Waals surface area contributed by atoms with Crippen LogP contribution >= 0.6 is 0 Å². The number of carbonyl (C=O) groups is 1. The van der Waals surface area contributed by atoms with Crippen molar-refractivity contribution in [3.8, 4) is 16.9 Å². The molecule has 0 aliphatic rings. The number of phenols is 1. The Bertz CT molecular complexity index is 759. The molecule has 0 fully saturated rings. The fourth-order valence-electron chi connectivity index (χ4n) is 2.26. The molecule has 3 aromatic rings. The van der Waals surface area contributed by atoms with Crippen LogP contribution in [0, 0.1) is 0 Å². The zero-order valence-corrected chi connectivity index (χ0v) is 11.4. The molecule has 0 aromatic heterocycles. The second-order valence-corrected chi connectivity index (χ2v) is 4.82. The highest BCUT2D eigenvalue weighted by Gasteiger charge is 2.09. The van der Waals surface area contributed by atoms with Crippen LogP contribution in [0.15, 0.2) is 78.9 Å². The van der Waals surface area contributed by atoms with E-state index in [0.29, 0.717) is 11.1 Å². The summed E-state index contributed by atoms with van der Waals surface area (Å²) in [6.07, 6.45) is 0. The average Bonchev–Trinajstić information content (AvgIpc) is 2.55. The lowest BCUT2D eigenvalue weighted by molar-refractivity contribution is 0.103. The van der Waals surface area contributed by atoms with Gasteiger partial charge < -0.3 is 5.11 Å². The number of carbonyl (C=O) groups excluding carboxylic acids is 1. The Labute approximate surface area is 123 Å². The molecule has 0 saturated carbocycles. The van der Waals surface area contributed by atoms with Crippen molar-refractivity contribution in [3.05, 3.63) is 90.0 Å². The van der Waals surface area contributed by atoms with Gasteiger partial charge in [-0.15, -0.1) is 0 Å². The van der Waals surface area contributed by atoms with Gasteiger partial charge in [-0.3, -0.25) is 4.79 Å². The third kappa shape index (κ3) is 2.84. The molecular weight excluding hydrogens is 260 g/mol. The van der Waals surface area contributed by atoms with Crippen molar-refractivity contribution in [2.45, 2.75) is 0 Å². The van der Waals surface area contributed by atoms with E-state index in [-0.39, 0.29) is 11.5 Å². The summed E-state index contributed by atoms with van der Waals surface area (Å²) in [7, 11) is 0. The van der Waals surface area contributed by atoms with Crippen LogP contribution in [0.5, 0.6) is 5.75 Å². The molecule has 0 radical (unpaired) electrons. The van der Waals surface area contributed by atoms with Crippen LogP contribution in [0.25, 0.3) is 11.1 Å². The number of aromatic hydroxyl groups is 1. The predicted molar refractivity (Wildman–Crippen MR) is 83.4 cm³/mol. The molecule has 3 rings (SSSR count). The van der Waals surface area contributed by atoms with Crippen molar-refractivity contribution in [2.24, 2.45) is 0 Å². The van der Waals surface area contributed by atoms with Gasteiger partial charge >= 0.3 is 0 Å². The number of hydrogen-bond acceptors (Lipinski definition) is 2. The quantitative estimate of drug-likeness (QED) is 0.723. The first-order valence-electron chi connectivity index (χ1n) is 6.73. The van der Waals surface area contributed by atoms with E-state index >= 15 is 0 Å². The van der Waals surface area contributed by atoms with Crippen LogP contribution in [0.3, 0.4) is 0 Å². The summed E-state index contributed by atoms with van der Waals surface area (Å²) in [5, 5.41) is 9.45. The molecule has 102 valence electrons. The highest BCUT2D eigenvalue weighted by atomic mass is 16.3. The molecule has 1 N–H and O–H groups in total. The standard InChI is InChI=1S/C19H14O2/c20-18-8-4-7-17(13-18)19(21)16-11-9-15(10-12-16)14-5-2-1-3-6-14/h1-13,20H. The summed E-state index contributed by atoms with van der Waals surface area (Å²) < 4.78 is 0. The minimum absolute atomic E-state index is 0.0921. The second kappa shape index (κ2) is 5.63. The smallest absolute Gasteiger partial charge is 0.193 e. The normalized spacial score (nSPS) is 10.3. The fraction of sp³-hybridized carbons (Fsp3) is 0. The number of benzene rings is 3. The van der Waals surface area contributed by atoms with Crippen molar-refractivity contribution < 1.29 is 9.90 Å². The maximum atomic E-state index is 12.3. The van der Waals surface area contributed by atoms with Gasteiger partial charge in [0.1, 0.15) is 5.75 Å². The Hall–Kier alpha value is -2.87. The molecule has 0 bridgehead atoms. The number of hydrogen-bond donors (Lipinski definition) is 1. The molecular formula is C19H14O2. The summed E-state index contributed by atoms with van der Waals surface area (Å²) in [6, 6.07) is 23.9. The Morgan fingerprint density at radius 3 is 2.00 bits per heavy atom. The van der Waals surface area contributed by atoms with Crippen molar-refractivity contribution in [1.29, 1.82) is 0 Å². The van der Waals surface area contributed by atoms with Gasteiger partial charge in [-0.1, -0.05) is 66.7 Å². The van der Waals surface area contributed by atoms with E-state index in [1.54, 1.807) is 18.2 Å². The largest absolute Gasteiger partial charge is 0.508 e. The summed E-state index contributed by atoms with van der Waals surface area (Å²) in [4.78, 5) is 12.3. The number of ketones is 1. The molecule has 0 amide bonds. The molecule has 0 heterocycles. The summed E-state index contributed by atoms with van der Waals surface area (Å²) >= 11 is 0. The number of phenolic OH excluding ortho intramolecular Hbond substituents is 1. The van der Waals surface area contributed by atoms with Crippen LogP contribution in [-0.2, 0) is 0 Å². The van der Waals surface area contributed by atoms with Crippen molar-refractivity contribution >= 4 is 5.78 Å². The highest BCUT2D eigenvalue weighted by Crippen LogP contribution is 2.21. The van der Waals surface area contributed by atoms with E-state index in [2.05, 4.69) is 0 Å². The Balaban J connectivity index is 1.89. The first-order chi connectivity index (χ1) is 10.2. The maximum Gasteiger partial charge on any atom is 0.193 e. The molecule has 2 heteroatoms. The first kappa shape index (κ1) is 13.1. The van der Waals surface area contributed by atoms with Crippen LogP contribution in [0.2, 0.25) is 0 Å². The van der Waals surface area contributed by atoms with Gasteiger partial charge in [0.05, 0.1) is 0 Å². The van der Waals surface area contributed by atoms with Crippen LogP contribution in [0.4, 0.5) is 0 Å². The first-order valence-corrected chi connectivity index (χ1v) is 6.73. The summed E-state index contributed by atoms with van der Waals surface area (Å²) in [5.74, 6) is 0.00673. The molecule has 0 saturated heterocycles. The lowest BCUT2D eigenvalue weighted by atomic mass is 9.99. The van der Waals surface area contributed by atoms with Gasteiger partial charge in [0.15, 0.2) is 5.78 Å². The van der Waals surface area contributed by atoms with E-state index in [1.807, 2.05) is 54.6 Å². The van der Waals surface area contributed by atoms with E-state index in [0.717, 1.165) is 11.1 Å². The molecule has 2 nitrogen and oxygen atoms in total. The van der Waals surface area contributed by atoms with E-state index in [1.165, 1.54) is 6.07 Å². The molecule has 21 heavy (non-hydrogen) atoms. The highest BCUT2D eigenvalue weighted by molar-refractivity contribution is 6.09. The SMILES string of the molecule is O=C(c1ccc(-c2ccccc2)cc1)c1cccc(O)c1. The molecule has 0 spiro atoms. The topological polar surface area (TPSA) is 37.3 Å². The molecule has 0 atom stereocenters. The van der Waals surface area contributed by atoms with Gasteiger partial charge in [-0.2, -0.15) is 0 Å².